The number of hydrogen-bond donors (Lipinski definition) is 0. The predicted octanol–water partition coefficient (Wildman–Crippen LogP) is 1.20. The molecule has 0 saturated carbocycles. The zero-order valence-corrected chi connectivity index (χ0v) is 7.86. The first-order chi connectivity index (χ1) is 6.24. The Labute approximate surface area is 77.8 Å². The molecular weight excluding hydrogens is 170 g/mol. The van der Waals surface area contributed by atoms with Crippen LogP contribution in [0, 0.1) is 0 Å². The molecule has 0 radical (unpaired) electrons. The SMILES string of the molecule is CC(C=O)OC(=O)N1CCCCC1. The van der Waals surface area contributed by atoms with Gasteiger partial charge in [-0.25, -0.2) is 4.79 Å². The van der Waals surface area contributed by atoms with E-state index in [9.17, 15) is 9.59 Å². The van der Waals surface area contributed by atoms with Crippen LogP contribution >= 0.6 is 0 Å². The molecule has 4 heteroatoms. The van der Waals surface area contributed by atoms with Crippen LogP contribution in [0.2, 0.25) is 0 Å². The van der Waals surface area contributed by atoms with Crippen molar-refractivity contribution < 1.29 is 14.3 Å². The van der Waals surface area contributed by atoms with E-state index < -0.39 is 6.10 Å². The van der Waals surface area contributed by atoms with Gasteiger partial charge in [0, 0.05) is 13.1 Å². The minimum atomic E-state index is -0.630. The zero-order chi connectivity index (χ0) is 9.68. The molecule has 1 saturated heterocycles. The maximum Gasteiger partial charge on any atom is 0.410 e. The molecule has 13 heavy (non-hydrogen) atoms. The predicted molar refractivity (Wildman–Crippen MR) is 47.4 cm³/mol. The minimum absolute atomic E-state index is 0.362. The van der Waals surface area contributed by atoms with E-state index >= 15 is 0 Å². The van der Waals surface area contributed by atoms with Gasteiger partial charge in [0.2, 0.25) is 0 Å². The average molecular weight is 185 g/mol. The molecule has 0 N–H and O–H groups in total. The summed E-state index contributed by atoms with van der Waals surface area (Å²) in [5.41, 5.74) is 0. The van der Waals surface area contributed by atoms with Crippen molar-refractivity contribution in [1.29, 1.82) is 0 Å². The van der Waals surface area contributed by atoms with Crippen LogP contribution in [-0.4, -0.2) is 36.5 Å². The molecule has 0 spiro atoms. The first-order valence-electron chi connectivity index (χ1n) is 4.65. The van der Waals surface area contributed by atoms with Crippen LogP contribution in [0.5, 0.6) is 0 Å². The highest BCUT2D eigenvalue weighted by Crippen LogP contribution is 2.10. The fraction of sp³-hybridized carbons (Fsp3) is 0.778. The second-order valence-electron chi connectivity index (χ2n) is 3.27. The lowest BCUT2D eigenvalue weighted by molar-refractivity contribution is -0.114. The van der Waals surface area contributed by atoms with Crippen LogP contribution in [0.1, 0.15) is 26.2 Å². The summed E-state index contributed by atoms with van der Waals surface area (Å²) in [6.45, 7) is 3.07. The summed E-state index contributed by atoms with van der Waals surface area (Å²) in [5, 5.41) is 0. The number of piperidine rings is 1. The third kappa shape index (κ3) is 3.05. The normalized spacial score (nSPS) is 19.3. The molecule has 1 fully saturated rings. The third-order valence-corrected chi connectivity index (χ3v) is 2.09. The van der Waals surface area contributed by atoms with E-state index in [-0.39, 0.29) is 6.09 Å². The van der Waals surface area contributed by atoms with Gasteiger partial charge in [0.15, 0.2) is 12.4 Å². The van der Waals surface area contributed by atoms with Gasteiger partial charge in [-0.2, -0.15) is 0 Å². The van der Waals surface area contributed by atoms with Crippen LogP contribution in [0.15, 0.2) is 0 Å². The van der Waals surface area contributed by atoms with Crippen LogP contribution < -0.4 is 0 Å². The van der Waals surface area contributed by atoms with E-state index in [2.05, 4.69) is 0 Å². The van der Waals surface area contributed by atoms with Crippen LogP contribution in [-0.2, 0) is 9.53 Å². The minimum Gasteiger partial charge on any atom is -0.439 e. The van der Waals surface area contributed by atoms with Crippen molar-refractivity contribution in [2.75, 3.05) is 13.1 Å². The molecule has 0 aromatic carbocycles. The monoisotopic (exact) mass is 185 g/mol. The molecule has 1 heterocycles. The summed E-state index contributed by atoms with van der Waals surface area (Å²) >= 11 is 0. The van der Waals surface area contributed by atoms with E-state index in [0.29, 0.717) is 6.29 Å². The Bertz CT molecular complexity index is 187. The Hall–Kier alpha value is -1.06. The molecular formula is C9H15NO3. The fourth-order valence-electron chi connectivity index (χ4n) is 1.34. The second kappa shape index (κ2) is 4.84. The van der Waals surface area contributed by atoms with Gasteiger partial charge in [-0.1, -0.05) is 0 Å². The number of ether oxygens (including phenoxy) is 1. The number of carbonyl (C=O) groups is 2. The molecule has 1 unspecified atom stereocenters. The van der Waals surface area contributed by atoms with Gasteiger partial charge < -0.3 is 9.64 Å². The van der Waals surface area contributed by atoms with E-state index in [1.165, 1.54) is 6.42 Å². The summed E-state index contributed by atoms with van der Waals surface area (Å²) in [5.74, 6) is 0. The number of hydrogen-bond acceptors (Lipinski definition) is 3. The van der Waals surface area contributed by atoms with Gasteiger partial charge in [0.05, 0.1) is 0 Å². The number of likely N-dealkylation sites (tertiary alicyclic amines) is 1. The second-order valence-corrected chi connectivity index (χ2v) is 3.27. The van der Waals surface area contributed by atoms with Gasteiger partial charge in [-0.15, -0.1) is 0 Å². The Morgan fingerprint density at radius 3 is 2.54 bits per heavy atom. The summed E-state index contributed by atoms with van der Waals surface area (Å²) in [7, 11) is 0. The third-order valence-electron chi connectivity index (χ3n) is 2.09. The van der Waals surface area contributed by atoms with Crippen molar-refractivity contribution in [3.63, 3.8) is 0 Å². The maximum atomic E-state index is 11.3. The lowest BCUT2D eigenvalue weighted by atomic mass is 10.1. The van der Waals surface area contributed by atoms with Crippen molar-refractivity contribution in [2.24, 2.45) is 0 Å². The highest BCUT2D eigenvalue weighted by molar-refractivity contribution is 5.70. The van der Waals surface area contributed by atoms with Crippen LogP contribution in [0.3, 0.4) is 0 Å². The highest BCUT2D eigenvalue weighted by Gasteiger charge is 2.19. The summed E-state index contributed by atoms with van der Waals surface area (Å²) in [6.07, 6.45) is 2.87. The first kappa shape index (κ1) is 10.0. The molecule has 0 aliphatic carbocycles. The fourth-order valence-corrected chi connectivity index (χ4v) is 1.34. The molecule has 1 aliphatic heterocycles. The topological polar surface area (TPSA) is 46.6 Å². The largest absolute Gasteiger partial charge is 0.439 e. The zero-order valence-electron chi connectivity index (χ0n) is 7.86. The van der Waals surface area contributed by atoms with E-state index in [4.69, 9.17) is 4.74 Å². The summed E-state index contributed by atoms with van der Waals surface area (Å²) in [6, 6.07) is 0. The molecule has 1 rings (SSSR count). The van der Waals surface area contributed by atoms with Crippen molar-refractivity contribution in [2.45, 2.75) is 32.3 Å². The maximum absolute atomic E-state index is 11.3. The molecule has 1 amide bonds. The van der Waals surface area contributed by atoms with Crippen molar-refractivity contribution in [1.82, 2.24) is 4.90 Å². The number of carbonyl (C=O) groups excluding carboxylic acids is 2. The number of nitrogens with zero attached hydrogens (tertiary/aromatic N) is 1. The Morgan fingerprint density at radius 1 is 1.38 bits per heavy atom. The molecule has 74 valence electrons. The first-order valence-corrected chi connectivity index (χ1v) is 4.65. The average Bonchev–Trinajstić information content (AvgIpc) is 2.19. The van der Waals surface area contributed by atoms with E-state index in [0.717, 1.165) is 25.9 Å². The molecule has 1 aliphatic rings. The van der Waals surface area contributed by atoms with E-state index in [1.54, 1.807) is 11.8 Å². The Kier molecular flexibility index (Phi) is 3.73. The van der Waals surface area contributed by atoms with Crippen molar-refractivity contribution >= 4 is 12.4 Å². The Morgan fingerprint density at radius 2 is 2.00 bits per heavy atom. The molecule has 0 aromatic rings. The summed E-state index contributed by atoms with van der Waals surface area (Å²) < 4.78 is 4.86. The quantitative estimate of drug-likeness (QED) is 0.607. The van der Waals surface area contributed by atoms with Gasteiger partial charge in [-0.3, -0.25) is 4.79 Å². The molecule has 0 bridgehead atoms. The smallest absolute Gasteiger partial charge is 0.410 e. The number of rotatable bonds is 2. The van der Waals surface area contributed by atoms with Gasteiger partial charge >= 0.3 is 6.09 Å². The van der Waals surface area contributed by atoms with Crippen LogP contribution in [0.25, 0.3) is 0 Å². The lowest BCUT2D eigenvalue weighted by Crippen LogP contribution is -2.37. The molecule has 4 nitrogen and oxygen atoms in total. The highest BCUT2D eigenvalue weighted by atomic mass is 16.6. The number of amides is 1. The van der Waals surface area contributed by atoms with Crippen molar-refractivity contribution in [3.8, 4) is 0 Å². The van der Waals surface area contributed by atoms with E-state index in [1.807, 2.05) is 0 Å². The van der Waals surface area contributed by atoms with Crippen LogP contribution in [0.4, 0.5) is 4.79 Å². The Balaban J connectivity index is 2.32. The van der Waals surface area contributed by atoms with Gasteiger partial charge in [0.25, 0.3) is 0 Å². The van der Waals surface area contributed by atoms with Crippen molar-refractivity contribution in [3.05, 3.63) is 0 Å². The summed E-state index contributed by atoms with van der Waals surface area (Å²) in [4.78, 5) is 23.2. The lowest BCUT2D eigenvalue weighted by Gasteiger charge is -2.26. The van der Waals surface area contributed by atoms with Gasteiger partial charge in [0.1, 0.15) is 0 Å². The van der Waals surface area contributed by atoms with Gasteiger partial charge in [-0.05, 0) is 26.2 Å². The molecule has 1 atom stereocenters. The molecule has 0 aromatic heterocycles. The standard InChI is InChI=1S/C9H15NO3/c1-8(7-11)13-9(12)10-5-3-2-4-6-10/h7-8H,2-6H2,1H3. The number of aldehydes is 1.